The molecule has 2 fully saturated rings. The lowest BCUT2D eigenvalue weighted by Crippen LogP contribution is -2.47. The molecule has 0 amide bonds. The molecule has 1 saturated heterocycles. The minimum absolute atomic E-state index is 0.0448. The van der Waals surface area contributed by atoms with E-state index in [9.17, 15) is 10.1 Å². The van der Waals surface area contributed by atoms with Crippen LogP contribution in [0.2, 0.25) is 0 Å². The van der Waals surface area contributed by atoms with Crippen molar-refractivity contribution in [3.05, 3.63) is 51.9 Å². The van der Waals surface area contributed by atoms with Gasteiger partial charge in [-0.2, -0.15) is 5.26 Å². The number of fused-ring (bicyclic) bond motifs is 2. The Morgan fingerprint density at radius 1 is 1.13 bits per heavy atom. The van der Waals surface area contributed by atoms with Gasteiger partial charge in [-0.25, -0.2) is 4.98 Å². The van der Waals surface area contributed by atoms with Crippen molar-refractivity contribution < 1.29 is 0 Å². The Hall–Kier alpha value is -2.49. The van der Waals surface area contributed by atoms with Crippen LogP contribution in [-0.4, -0.2) is 27.0 Å². The quantitative estimate of drug-likeness (QED) is 0.610. The zero-order valence-electron chi connectivity index (χ0n) is 17.1. The molecule has 0 N–H and O–H groups in total. The minimum atomic E-state index is -0.0890. The van der Waals surface area contributed by atoms with Gasteiger partial charge in [-0.05, 0) is 43.7 Å². The third-order valence-corrected chi connectivity index (χ3v) is 7.66. The smallest absolute Gasteiger partial charge is 0.263 e. The summed E-state index contributed by atoms with van der Waals surface area (Å²) in [6, 6.07) is 12.7. The molecule has 1 saturated carbocycles. The van der Waals surface area contributed by atoms with Gasteiger partial charge in [0.2, 0.25) is 0 Å². The Bertz CT molecular complexity index is 1140. The molecule has 2 aromatic heterocycles. The first-order valence-electron chi connectivity index (χ1n) is 10.9. The van der Waals surface area contributed by atoms with Gasteiger partial charge in [0.25, 0.3) is 5.56 Å². The Labute approximate surface area is 180 Å². The van der Waals surface area contributed by atoms with Gasteiger partial charge in [0.05, 0.1) is 18.0 Å². The topological polar surface area (TPSA) is 61.9 Å². The largest absolute Gasteiger partial charge is 0.293 e. The third kappa shape index (κ3) is 3.46. The van der Waals surface area contributed by atoms with Crippen LogP contribution >= 0.6 is 11.3 Å². The first kappa shape index (κ1) is 19.5. The van der Waals surface area contributed by atoms with Crippen molar-refractivity contribution in [2.24, 2.45) is 5.92 Å². The summed E-state index contributed by atoms with van der Waals surface area (Å²) in [7, 11) is 0. The number of rotatable bonds is 4. The number of hydrogen-bond acceptors (Lipinski definition) is 5. The van der Waals surface area contributed by atoms with Crippen LogP contribution < -0.4 is 5.56 Å². The van der Waals surface area contributed by atoms with Crippen LogP contribution in [0.25, 0.3) is 21.3 Å². The summed E-state index contributed by atoms with van der Waals surface area (Å²) in [5, 5.41) is 12.1. The highest BCUT2D eigenvalue weighted by atomic mass is 32.1. The van der Waals surface area contributed by atoms with Gasteiger partial charge in [0.1, 0.15) is 17.2 Å². The number of aromatic nitrogens is 2. The minimum Gasteiger partial charge on any atom is -0.293 e. The van der Waals surface area contributed by atoms with Gasteiger partial charge in [-0.3, -0.25) is 14.3 Å². The van der Waals surface area contributed by atoms with Crippen LogP contribution in [0, 0.1) is 17.2 Å². The van der Waals surface area contributed by atoms with E-state index in [0.717, 1.165) is 34.2 Å². The van der Waals surface area contributed by atoms with Gasteiger partial charge in [-0.1, -0.05) is 43.2 Å². The van der Waals surface area contributed by atoms with Gasteiger partial charge < -0.3 is 0 Å². The molecule has 0 unspecified atom stereocenters. The molecule has 1 aliphatic carbocycles. The number of nitriles is 1. The summed E-state index contributed by atoms with van der Waals surface area (Å²) in [4.78, 5) is 21.7. The summed E-state index contributed by atoms with van der Waals surface area (Å²) in [6.45, 7) is 1.76. The molecule has 2 aliphatic rings. The molecular weight excluding hydrogens is 392 g/mol. The zero-order chi connectivity index (χ0) is 20.5. The van der Waals surface area contributed by atoms with E-state index < -0.39 is 0 Å². The average Bonchev–Trinajstić information content (AvgIpc) is 3.21. The molecule has 2 atom stereocenters. The molecule has 6 heteroatoms. The van der Waals surface area contributed by atoms with Crippen LogP contribution in [0.3, 0.4) is 0 Å². The van der Waals surface area contributed by atoms with E-state index in [1.54, 1.807) is 4.57 Å². The molecule has 3 aromatic rings. The van der Waals surface area contributed by atoms with Crippen LogP contribution in [-0.2, 0) is 13.1 Å². The van der Waals surface area contributed by atoms with Crippen molar-refractivity contribution in [3.63, 3.8) is 0 Å². The summed E-state index contributed by atoms with van der Waals surface area (Å²) in [6.07, 6.45) is 7.74. The van der Waals surface area contributed by atoms with Crippen molar-refractivity contribution in [2.75, 3.05) is 6.54 Å². The normalized spacial score (nSPS) is 22.0. The van der Waals surface area contributed by atoms with Crippen LogP contribution in [0.4, 0.5) is 0 Å². The number of likely N-dealkylation sites (tertiary alicyclic amines) is 1. The molecule has 30 heavy (non-hydrogen) atoms. The first-order chi connectivity index (χ1) is 14.8. The van der Waals surface area contributed by atoms with E-state index >= 15 is 0 Å². The van der Waals surface area contributed by atoms with E-state index in [2.05, 4.69) is 11.0 Å². The second kappa shape index (κ2) is 8.33. The Kier molecular flexibility index (Phi) is 5.41. The Morgan fingerprint density at radius 3 is 2.77 bits per heavy atom. The molecule has 1 aliphatic heterocycles. The summed E-state index contributed by atoms with van der Waals surface area (Å²) < 4.78 is 1.61. The number of benzene rings is 1. The van der Waals surface area contributed by atoms with E-state index in [0.29, 0.717) is 18.0 Å². The van der Waals surface area contributed by atoms with Crippen molar-refractivity contribution in [1.29, 1.82) is 5.26 Å². The molecular formula is C24H26N4OS. The second-order valence-electron chi connectivity index (χ2n) is 8.50. The van der Waals surface area contributed by atoms with Crippen LogP contribution in [0.1, 0.15) is 44.3 Å². The van der Waals surface area contributed by atoms with E-state index in [4.69, 9.17) is 4.98 Å². The number of nitrogens with zero attached hydrogens (tertiary/aromatic N) is 4. The van der Waals surface area contributed by atoms with Gasteiger partial charge in [0, 0.05) is 17.0 Å². The average molecular weight is 419 g/mol. The fourth-order valence-electron chi connectivity index (χ4n) is 5.36. The first-order valence-corrected chi connectivity index (χ1v) is 11.8. The van der Waals surface area contributed by atoms with Crippen molar-refractivity contribution in [2.45, 2.75) is 57.7 Å². The SMILES string of the molecule is N#CCn1c(CN2CCC[C@H]3CCCC[C@@H]32)nc2scc(-c3ccccc3)c2c1=O. The lowest BCUT2D eigenvalue weighted by molar-refractivity contribution is 0.0517. The second-order valence-corrected chi connectivity index (χ2v) is 9.36. The highest BCUT2D eigenvalue weighted by molar-refractivity contribution is 7.17. The molecule has 5 rings (SSSR count). The molecule has 0 bridgehead atoms. The predicted molar refractivity (Wildman–Crippen MR) is 120 cm³/mol. The highest BCUT2D eigenvalue weighted by Gasteiger charge is 2.33. The Balaban J connectivity index is 1.56. The number of hydrogen-bond donors (Lipinski definition) is 0. The standard InChI is InChI=1S/C24H26N4OS/c25-12-14-28-21(15-27-13-6-10-18-9-4-5-11-20(18)27)26-23-22(24(28)29)19(16-30-23)17-7-2-1-3-8-17/h1-3,7-8,16,18,20H,4-6,9-11,13-15H2/t18-,20+/m1/s1. The predicted octanol–water partition coefficient (Wildman–Crippen LogP) is 4.80. The van der Waals surface area contributed by atoms with Gasteiger partial charge in [-0.15, -0.1) is 11.3 Å². The van der Waals surface area contributed by atoms with E-state index in [1.807, 2.05) is 35.7 Å². The van der Waals surface area contributed by atoms with Gasteiger partial charge in [0.15, 0.2) is 0 Å². The fraction of sp³-hybridized carbons (Fsp3) is 0.458. The lowest BCUT2D eigenvalue weighted by Gasteiger charge is -2.44. The third-order valence-electron chi connectivity index (χ3n) is 6.79. The van der Waals surface area contributed by atoms with Crippen molar-refractivity contribution in [1.82, 2.24) is 14.5 Å². The maximum Gasteiger partial charge on any atom is 0.263 e. The zero-order valence-corrected chi connectivity index (χ0v) is 17.9. The summed E-state index contributed by atoms with van der Waals surface area (Å²) >= 11 is 1.52. The Morgan fingerprint density at radius 2 is 1.93 bits per heavy atom. The number of piperidine rings is 1. The van der Waals surface area contributed by atoms with Crippen LogP contribution in [0.15, 0.2) is 40.5 Å². The maximum atomic E-state index is 13.5. The van der Waals surface area contributed by atoms with Gasteiger partial charge >= 0.3 is 0 Å². The molecule has 5 nitrogen and oxygen atoms in total. The molecule has 0 spiro atoms. The molecule has 154 valence electrons. The number of thiophene rings is 1. The molecule has 0 radical (unpaired) electrons. The monoisotopic (exact) mass is 418 g/mol. The summed E-state index contributed by atoms with van der Waals surface area (Å²) in [5.74, 6) is 1.51. The summed E-state index contributed by atoms with van der Waals surface area (Å²) in [5.41, 5.74) is 1.84. The van der Waals surface area contributed by atoms with Crippen molar-refractivity contribution in [3.8, 4) is 17.2 Å². The molecule has 3 heterocycles. The van der Waals surface area contributed by atoms with Crippen molar-refractivity contribution >= 4 is 21.6 Å². The molecule has 1 aromatic carbocycles. The van der Waals surface area contributed by atoms with Crippen LogP contribution in [0.5, 0.6) is 0 Å². The highest BCUT2D eigenvalue weighted by Crippen LogP contribution is 2.36. The maximum absolute atomic E-state index is 13.5. The van der Waals surface area contributed by atoms with E-state index in [-0.39, 0.29) is 12.1 Å². The van der Waals surface area contributed by atoms with E-state index in [1.165, 1.54) is 49.9 Å². The fourth-order valence-corrected chi connectivity index (χ4v) is 6.31. The lowest BCUT2D eigenvalue weighted by atomic mass is 9.78.